The van der Waals surface area contributed by atoms with Gasteiger partial charge in [0.15, 0.2) is 18.4 Å². The molecule has 1 N–H and O–H groups in total. The highest BCUT2D eigenvalue weighted by Crippen LogP contribution is 2.41. The summed E-state index contributed by atoms with van der Waals surface area (Å²) in [6.45, 7) is 0.579. The summed E-state index contributed by atoms with van der Waals surface area (Å²) < 4.78 is 13.2. The van der Waals surface area contributed by atoms with Gasteiger partial charge in [-0.3, -0.25) is 14.5 Å². The number of aromatic nitrogens is 1. The number of amides is 2. The fourth-order valence-electron chi connectivity index (χ4n) is 5.70. The molecular weight excluding hydrogens is 538 g/mol. The predicted octanol–water partition coefficient (Wildman–Crippen LogP) is 3.11. The van der Waals surface area contributed by atoms with Gasteiger partial charge < -0.3 is 14.8 Å². The summed E-state index contributed by atoms with van der Waals surface area (Å²) >= 11 is 1.57. The Morgan fingerprint density at radius 3 is 2.61 bits per heavy atom. The highest BCUT2D eigenvalue weighted by Gasteiger charge is 2.54. The number of nitrogens with zero attached hydrogens (tertiary/aromatic N) is 2. The van der Waals surface area contributed by atoms with Crippen LogP contribution in [0.2, 0.25) is 0 Å². The first-order valence-corrected chi connectivity index (χ1v) is 14.9. The molecule has 1 aromatic heterocycles. The van der Waals surface area contributed by atoms with Crippen molar-refractivity contribution < 1.29 is 28.4 Å². The number of benzene rings is 2. The van der Waals surface area contributed by atoms with Crippen LogP contribution in [0.1, 0.15) is 28.8 Å². The number of thioether (sulfide) groups is 1. The molecule has 1 fully saturated rings. The lowest BCUT2D eigenvalue weighted by atomic mass is 10.0. The molecule has 1 saturated heterocycles. The van der Waals surface area contributed by atoms with Crippen molar-refractivity contribution in [3.63, 3.8) is 0 Å². The van der Waals surface area contributed by atoms with Crippen molar-refractivity contribution in [3.05, 3.63) is 107 Å². The Morgan fingerprint density at radius 1 is 1.02 bits per heavy atom. The molecule has 8 nitrogen and oxygen atoms in total. The van der Waals surface area contributed by atoms with E-state index >= 15 is 0 Å². The van der Waals surface area contributed by atoms with E-state index in [1.54, 1.807) is 18.9 Å². The monoisotopic (exact) mass is 570 g/mol. The van der Waals surface area contributed by atoms with E-state index in [9.17, 15) is 14.4 Å². The molecule has 0 bridgehead atoms. The summed E-state index contributed by atoms with van der Waals surface area (Å²) in [5.74, 6) is 0.237. The number of rotatable bonds is 9. The number of esters is 1. The van der Waals surface area contributed by atoms with Gasteiger partial charge in [0.2, 0.25) is 5.91 Å². The molecule has 2 aliphatic heterocycles. The molecule has 41 heavy (non-hydrogen) atoms. The van der Waals surface area contributed by atoms with E-state index in [0.717, 1.165) is 41.7 Å². The van der Waals surface area contributed by atoms with Gasteiger partial charge in [-0.2, -0.15) is 4.57 Å². The largest absolute Gasteiger partial charge is 0.497 e. The Balaban J connectivity index is 1.23. The molecule has 0 unspecified atom stereocenters. The van der Waals surface area contributed by atoms with Crippen LogP contribution in [0.4, 0.5) is 0 Å². The van der Waals surface area contributed by atoms with Gasteiger partial charge in [-0.05, 0) is 42.2 Å². The van der Waals surface area contributed by atoms with Crippen LogP contribution in [-0.2, 0) is 51.5 Å². The van der Waals surface area contributed by atoms with Gasteiger partial charge in [-0.15, -0.1) is 11.8 Å². The van der Waals surface area contributed by atoms with Gasteiger partial charge in [0.1, 0.15) is 29.5 Å². The Bertz CT molecular complexity index is 1510. The quantitative estimate of drug-likeness (QED) is 0.242. The molecule has 0 saturated carbocycles. The van der Waals surface area contributed by atoms with Crippen LogP contribution in [0.25, 0.3) is 0 Å². The average molecular weight is 571 g/mol. The van der Waals surface area contributed by atoms with Crippen LogP contribution >= 0.6 is 11.8 Å². The number of carbonyl (C=O) groups is 3. The molecule has 3 aromatic rings. The fraction of sp³-hybridized carbons (Fsp3) is 0.312. The molecule has 2 amide bonds. The Labute approximate surface area is 243 Å². The molecule has 6 rings (SSSR count). The zero-order chi connectivity index (χ0) is 28.3. The third-order valence-electron chi connectivity index (χ3n) is 7.80. The lowest BCUT2D eigenvalue weighted by Crippen LogP contribution is -2.71. The molecule has 2 aromatic carbocycles. The van der Waals surface area contributed by atoms with E-state index in [1.807, 2.05) is 66.9 Å². The van der Waals surface area contributed by atoms with Crippen molar-refractivity contribution >= 4 is 29.5 Å². The van der Waals surface area contributed by atoms with Crippen molar-refractivity contribution in [2.45, 2.75) is 50.3 Å². The summed E-state index contributed by atoms with van der Waals surface area (Å²) in [6.07, 6.45) is 5.39. The van der Waals surface area contributed by atoms with E-state index in [0.29, 0.717) is 18.0 Å². The summed E-state index contributed by atoms with van der Waals surface area (Å²) in [7, 11) is 1.60. The number of ether oxygens (including phenoxy) is 2. The van der Waals surface area contributed by atoms with Crippen molar-refractivity contribution in [2.75, 3.05) is 12.9 Å². The fourth-order valence-corrected chi connectivity index (χ4v) is 7.04. The Hall–Kier alpha value is -4.11. The van der Waals surface area contributed by atoms with Crippen LogP contribution in [0, 0.1) is 0 Å². The lowest BCUT2D eigenvalue weighted by Gasteiger charge is -2.49. The van der Waals surface area contributed by atoms with Crippen molar-refractivity contribution in [1.82, 2.24) is 10.2 Å². The molecule has 0 radical (unpaired) electrons. The maximum Gasteiger partial charge on any atom is 0.355 e. The topological polar surface area (TPSA) is 88.8 Å². The maximum absolute atomic E-state index is 13.6. The third-order valence-corrected chi connectivity index (χ3v) is 9.13. The second-order valence-corrected chi connectivity index (χ2v) is 11.6. The van der Waals surface area contributed by atoms with Gasteiger partial charge in [-0.25, -0.2) is 4.79 Å². The Morgan fingerprint density at radius 2 is 1.83 bits per heavy atom. The first-order chi connectivity index (χ1) is 20.0. The second-order valence-electron chi connectivity index (χ2n) is 10.5. The zero-order valence-electron chi connectivity index (χ0n) is 22.9. The molecule has 1 aliphatic carbocycles. The van der Waals surface area contributed by atoms with Crippen LogP contribution < -0.4 is 14.6 Å². The molecule has 2 atom stereocenters. The summed E-state index contributed by atoms with van der Waals surface area (Å²) in [4.78, 5) is 41.4. The van der Waals surface area contributed by atoms with Crippen molar-refractivity contribution in [1.29, 1.82) is 0 Å². The van der Waals surface area contributed by atoms with Crippen LogP contribution in [-0.4, -0.2) is 47.0 Å². The van der Waals surface area contributed by atoms with E-state index in [-0.39, 0.29) is 30.2 Å². The zero-order valence-corrected chi connectivity index (χ0v) is 23.7. The number of carbonyl (C=O) groups excluding carboxylic acids is 3. The minimum atomic E-state index is -0.684. The van der Waals surface area contributed by atoms with E-state index < -0.39 is 12.0 Å². The normalized spacial score (nSPS) is 19.2. The van der Waals surface area contributed by atoms with Crippen molar-refractivity contribution in [2.24, 2.45) is 0 Å². The molecule has 3 heterocycles. The number of aryl methyl sites for hydroxylation is 1. The van der Waals surface area contributed by atoms with Gasteiger partial charge >= 0.3 is 5.97 Å². The predicted molar refractivity (Wildman–Crippen MR) is 154 cm³/mol. The van der Waals surface area contributed by atoms with Gasteiger partial charge in [0, 0.05) is 29.4 Å². The smallest absolute Gasteiger partial charge is 0.355 e. The van der Waals surface area contributed by atoms with Gasteiger partial charge in [-0.1, -0.05) is 42.5 Å². The van der Waals surface area contributed by atoms with E-state index in [2.05, 4.69) is 16.0 Å². The van der Waals surface area contributed by atoms with E-state index in [4.69, 9.17) is 9.47 Å². The highest BCUT2D eigenvalue weighted by molar-refractivity contribution is 8.00. The number of hydrogen-bond donors (Lipinski definition) is 1. The van der Waals surface area contributed by atoms with Crippen LogP contribution in [0.5, 0.6) is 5.75 Å². The van der Waals surface area contributed by atoms with Gasteiger partial charge in [0.25, 0.3) is 5.91 Å². The SMILES string of the molecule is COc1ccc(COC(=O)C2=C(C[n+]3cccc4c3CCC4)CS[C@@H]3[C@H](NC(=O)Cc4ccccc4)C(=O)N23)cc1. The highest BCUT2D eigenvalue weighted by atomic mass is 32.2. The van der Waals surface area contributed by atoms with Crippen LogP contribution in [0.15, 0.2) is 84.2 Å². The number of methoxy groups -OCH3 is 1. The van der Waals surface area contributed by atoms with Gasteiger partial charge in [0.05, 0.1) is 13.5 Å². The third kappa shape index (κ3) is 5.59. The van der Waals surface area contributed by atoms with Crippen LogP contribution in [0.3, 0.4) is 0 Å². The summed E-state index contributed by atoms with van der Waals surface area (Å²) in [6, 6.07) is 20.3. The lowest BCUT2D eigenvalue weighted by molar-refractivity contribution is -0.696. The maximum atomic E-state index is 13.6. The molecular formula is C32H32N3O5S+. The molecule has 0 spiro atoms. The number of nitrogens with one attached hydrogen (secondary N) is 1. The van der Waals surface area contributed by atoms with E-state index in [1.165, 1.54) is 16.2 Å². The summed E-state index contributed by atoms with van der Waals surface area (Å²) in [5.41, 5.74) is 5.45. The number of pyridine rings is 1. The molecule has 3 aliphatic rings. The van der Waals surface area contributed by atoms with Crippen molar-refractivity contribution in [3.8, 4) is 5.75 Å². The average Bonchev–Trinajstić information content (AvgIpc) is 3.49. The summed E-state index contributed by atoms with van der Waals surface area (Å²) in [5, 5.41) is 2.54. The number of hydrogen-bond acceptors (Lipinski definition) is 6. The first kappa shape index (κ1) is 27.1. The number of fused-ring (bicyclic) bond motifs is 2. The minimum Gasteiger partial charge on any atom is -0.497 e. The standard InChI is InChI=1S/C32H31N3O5S/c1-39-25-14-12-22(13-15-25)19-40-32(38)29-24(18-34-16-6-10-23-9-5-11-26(23)34)20-41-31-28(30(37)35(29)31)33-27(36)17-21-7-3-2-4-8-21/h2-4,6-8,10,12-16,28,31H,5,9,11,17-20H2,1H3/p+1/t28-,31-/m1/s1. The Kier molecular flexibility index (Phi) is 7.78. The number of β-lactam (4-membered cyclic amide) rings is 1. The first-order valence-electron chi connectivity index (χ1n) is 13.8. The minimum absolute atomic E-state index is 0.0740. The molecule has 9 heteroatoms. The second kappa shape index (κ2) is 11.8. The molecule has 210 valence electrons.